The molecule has 1 N–H and O–H groups in total. The van der Waals surface area contributed by atoms with Crippen molar-refractivity contribution in [3.05, 3.63) is 66.2 Å². The first-order valence-electron chi connectivity index (χ1n) is 10.2. The van der Waals surface area contributed by atoms with Gasteiger partial charge in [0.1, 0.15) is 11.4 Å². The minimum absolute atomic E-state index is 0.151. The summed E-state index contributed by atoms with van der Waals surface area (Å²) in [7, 11) is 3.11. The van der Waals surface area contributed by atoms with E-state index in [1.165, 1.54) is 16.9 Å². The Morgan fingerprint density at radius 2 is 1.58 bits per heavy atom. The maximum absolute atomic E-state index is 13.2. The fraction of sp³-hybridized carbons (Fsp3) is 0.280. The summed E-state index contributed by atoms with van der Waals surface area (Å²) in [4.78, 5) is 26.0. The first-order chi connectivity index (χ1) is 14.6. The highest BCUT2D eigenvalue weighted by Gasteiger charge is 2.28. The number of para-hydroxylation sites is 1. The standard InChI is InChI=1S/C25H29N3O3/c1-17(29)28(23-19-12-8-7-11-18(19)15-16-22(23)31-6)27(5)24(30)26-21-14-10-9-13-20(21)25(2,3)4/h7-16H,1-6H3,(H,26,30). The van der Waals surface area contributed by atoms with Crippen molar-refractivity contribution in [2.45, 2.75) is 33.1 Å². The van der Waals surface area contributed by atoms with Crippen molar-refractivity contribution in [2.24, 2.45) is 0 Å². The van der Waals surface area contributed by atoms with Gasteiger partial charge in [-0.15, -0.1) is 0 Å². The van der Waals surface area contributed by atoms with Crippen LogP contribution in [0.25, 0.3) is 10.8 Å². The molecule has 0 aliphatic rings. The van der Waals surface area contributed by atoms with Gasteiger partial charge >= 0.3 is 6.03 Å². The molecule has 0 aliphatic carbocycles. The molecule has 3 amide bonds. The van der Waals surface area contributed by atoms with Gasteiger partial charge in [-0.25, -0.2) is 14.8 Å². The molecule has 0 saturated carbocycles. The van der Waals surface area contributed by atoms with Gasteiger partial charge in [0.25, 0.3) is 0 Å². The molecule has 0 fully saturated rings. The van der Waals surface area contributed by atoms with Crippen molar-refractivity contribution in [3.63, 3.8) is 0 Å². The smallest absolute Gasteiger partial charge is 0.340 e. The highest BCUT2D eigenvalue weighted by atomic mass is 16.5. The quantitative estimate of drug-likeness (QED) is 0.564. The Labute approximate surface area is 183 Å². The Morgan fingerprint density at radius 3 is 2.23 bits per heavy atom. The number of hydrazine groups is 1. The van der Waals surface area contributed by atoms with Gasteiger partial charge in [-0.2, -0.15) is 0 Å². The average Bonchev–Trinajstić information content (AvgIpc) is 2.73. The molecule has 3 aromatic carbocycles. The molecule has 6 nitrogen and oxygen atoms in total. The van der Waals surface area contributed by atoms with Crippen LogP contribution in [0.3, 0.4) is 0 Å². The van der Waals surface area contributed by atoms with E-state index in [9.17, 15) is 9.59 Å². The maximum atomic E-state index is 13.2. The summed E-state index contributed by atoms with van der Waals surface area (Å²) in [5, 5.41) is 7.34. The lowest BCUT2D eigenvalue weighted by atomic mass is 9.86. The van der Waals surface area contributed by atoms with Crippen molar-refractivity contribution in [1.82, 2.24) is 5.01 Å². The normalized spacial score (nSPS) is 11.2. The Kier molecular flexibility index (Phi) is 6.20. The Morgan fingerprint density at radius 1 is 0.935 bits per heavy atom. The van der Waals surface area contributed by atoms with E-state index in [-0.39, 0.29) is 11.3 Å². The van der Waals surface area contributed by atoms with E-state index in [0.717, 1.165) is 16.3 Å². The summed E-state index contributed by atoms with van der Waals surface area (Å²) in [6.45, 7) is 7.69. The van der Waals surface area contributed by atoms with Crippen molar-refractivity contribution in [1.29, 1.82) is 0 Å². The molecular formula is C25H29N3O3. The van der Waals surface area contributed by atoms with Crippen LogP contribution in [0, 0.1) is 0 Å². The third-order valence-corrected chi connectivity index (χ3v) is 5.16. The molecule has 6 heteroatoms. The number of urea groups is 1. The fourth-order valence-electron chi connectivity index (χ4n) is 3.67. The number of anilines is 2. The van der Waals surface area contributed by atoms with E-state index in [0.29, 0.717) is 17.1 Å². The summed E-state index contributed by atoms with van der Waals surface area (Å²) in [5.41, 5.74) is 2.09. The summed E-state index contributed by atoms with van der Waals surface area (Å²) in [5.74, 6) is 0.194. The lowest BCUT2D eigenvalue weighted by molar-refractivity contribution is -0.118. The lowest BCUT2D eigenvalue weighted by Gasteiger charge is -2.33. The summed E-state index contributed by atoms with van der Waals surface area (Å²) < 4.78 is 5.54. The maximum Gasteiger partial charge on any atom is 0.340 e. The minimum atomic E-state index is -0.429. The number of ether oxygens (including phenoxy) is 1. The highest BCUT2D eigenvalue weighted by Crippen LogP contribution is 2.37. The van der Waals surface area contributed by atoms with Gasteiger partial charge in [-0.05, 0) is 28.5 Å². The Bertz CT molecular complexity index is 1120. The number of carbonyl (C=O) groups is 2. The topological polar surface area (TPSA) is 61.9 Å². The third-order valence-electron chi connectivity index (χ3n) is 5.16. The largest absolute Gasteiger partial charge is 0.494 e. The number of carbonyl (C=O) groups excluding carboxylic acids is 2. The van der Waals surface area contributed by atoms with Crippen LogP contribution >= 0.6 is 0 Å². The second-order valence-corrected chi connectivity index (χ2v) is 8.42. The van der Waals surface area contributed by atoms with Gasteiger partial charge in [-0.1, -0.05) is 69.3 Å². The predicted octanol–water partition coefficient (Wildman–Crippen LogP) is 5.58. The number of amides is 3. The second kappa shape index (κ2) is 8.68. The molecular weight excluding hydrogens is 390 g/mol. The third kappa shape index (κ3) is 4.48. The zero-order chi connectivity index (χ0) is 22.8. The molecule has 31 heavy (non-hydrogen) atoms. The molecule has 0 saturated heterocycles. The van der Waals surface area contributed by atoms with Crippen molar-refractivity contribution >= 4 is 34.1 Å². The van der Waals surface area contributed by atoms with Gasteiger partial charge in [-0.3, -0.25) is 4.79 Å². The summed E-state index contributed by atoms with van der Waals surface area (Å²) >= 11 is 0. The number of benzene rings is 3. The average molecular weight is 420 g/mol. The van der Waals surface area contributed by atoms with E-state index in [4.69, 9.17) is 4.74 Å². The molecule has 3 rings (SSSR count). The molecule has 0 bridgehead atoms. The first-order valence-corrected chi connectivity index (χ1v) is 10.2. The molecule has 0 spiro atoms. The van der Waals surface area contributed by atoms with Crippen LogP contribution < -0.4 is 15.1 Å². The molecule has 0 aromatic heterocycles. The van der Waals surface area contributed by atoms with Gasteiger partial charge < -0.3 is 10.1 Å². The zero-order valence-corrected chi connectivity index (χ0v) is 18.9. The van der Waals surface area contributed by atoms with Gasteiger partial charge in [0, 0.05) is 25.0 Å². The monoisotopic (exact) mass is 419 g/mol. The van der Waals surface area contributed by atoms with Crippen LogP contribution in [0.15, 0.2) is 60.7 Å². The first kappa shape index (κ1) is 22.2. The van der Waals surface area contributed by atoms with E-state index >= 15 is 0 Å². The number of nitrogens with one attached hydrogen (secondary N) is 1. The predicted molar refractivity (Wildman–Crippen MR) is 126 cm³/mol. The Hall–Kier alpha value is -3.54. The van der Waals surface area contributed by atoms with Crippen LogP contribution in [0.4, 0.5) is 16.2 Å². The van der Waals surface area contributed by atoms with Crippen LogP contribution in [0.5, 0.6) is 5.75 Å². The van der Waals surface area contributed by atoms with Crippen LogP contribution in [-0.2, 0) is 10.2 Å². The van der Waals surface area contributed by atoms with Crippen LogP contribution in [0.1, 0.15) is 33.3 Å². The highest BCUT2D eigenvalue weighted by molar-refractivity contribution is 6.07. The van der Waals surface area contributed by atoms with Gasteiger partial charge in [0.05, 0.1) is 7.11 Å². The zero-order valence-electron chi connectivity index (χ0n) is 18.9. The number of hydrogen-bond donors (Lipinski definition) is 1. The SMILES string of the molecule is COc1ccc2ccccc2c1N(C(C)=O)N(C)C(=O)Nc1ccccc1C(C)(C)C. The number of rotatable bonds is 3. The number of nitrogens with zero attached hydrogens (tertiary/aromatic N) is 2. The van der Waals surface area contributed by atoms with Crippen LogP contribution in [0.2, 0.25) is 0 Å². The van der Waals surface area contributed by atoms with E-state index in [2.05, 4.69) is 26.1 Å². The summed E-state index contributed by atoms with van der Waals surface area (Å²) in [6, 6.07) is 18.7. The molecule has 0 radical (unpaired) electrons. The molecule has 0 aliphatic heterocycles. The molecule has 3 aromatic rings. The fourth-order valence-corrected chi connectivity index (χ4v) is 3.67. The lowest BCUT2D eigenvalue weighted by Crippen LogP contribution is -2.49. The number of methoxy groups -OCH3 is 1. The van der Waals surface area contributed by atoms with Gasteiger partial charge in [0.2, 0.25) is 5.91 Å². The minimum Gasteiger partial charge on any atom is -0.494 e. The van der Waals surface area contributed by atoms with Crippen LogP contribution in [-0.4, -0.2) is 31.1 Å². The van der Waals surface area contributed by atoms with Crippen molar-refractivity contribution in [2.75, 3.05) is 24.5 Å². The molecule has 0 unspecified atom stereocenters. The Balaban J connectivity index is 2.04. The molecule has 0 heterocycles. The number of fused-ring (bicyclic) bond motifs is 1. The van der Waals surface area contributed by atoms with E-state index in [1.807, 2.05) is 54.6 Å². The molecule has 0 atom stereocenters. The van der Waals surface area contributed by atoms with E-state index in [1.54, 1.807) is 20.2 Å². The van der Waals surface area contributed by atoms with Gasteiger partial charge in [0.15, 0.2) is 0 Å². The summed E-state index contributed by atoms with van der Waals surface area (Å²) in [6.07, 6.45) is 0. The second-order valence-electron chi connectivity index (χ2n) is 8.42. The van der Waals surface area contributed by atoms with Crippen molar-refractivity contribution in [3.8, 4) is 5.75 Å². The molecule has 162 valence electrons. The van der Waals surface area contributed by atoms with Crippen molar-refractivity contribution < 1.29 is 14.3 Å². The number of hydrogen-bond acceptors (Lipinski definition) is 3. The van der Waals surface area contributed by atoms with E-state index < -0.39 is 6.03 Å².